The maximum absolute atomic E-state index is 8.66. The van der Waals surface area contributed by atoms with E-state index in [2.05, 4.69) is 0 Å². The molecular weight excluding hydrogens is 386 g/mol. The Kier molecular flexibility index (Phi) is 28.3. The summed E-state index contributed by atoms with van der Waals surface area (Å²) in [7, 11) is -10.3. The average Bonchev–Trinajstić information content (AvgIpc) is 1.12. The van der Waals surface area contributed by atoms with Gasteiger partial charge in [0, 0.05) is 0 Å². The van der Waals surface area contributed by atoms with Crippen molar-refractivity contribution < 1.29 is 97.6 Å². The molecule has 0 aromatic rings. The van der Waals surface area contributed by atoms with Gasteiger partial charge in [-0.25, -0.2) is 0 Å². The predicted molar refractivity (Wildman–Crippen MR) is 18.3 cm³/mol. The van der Waals surface area contributed by atoms with E-state index < -0.39 is 16.3 Å². The van der Waals surface area contributed by atoms with Crippen molar-refractivity contribution in [3.63, 3.8) is 0 Å². The number of phosphoric acid groups is 2. The van der Waals surface area contributed by atoms with Crippen LogP contribution in [0, 0.1) is 0 Å². The third kappa shape index (κ3) is 382. The standard InChI is InChI=1S/2H3O4P.3Zn/c2*1-5(2,3)4;;;/h2*(H3,1,2,3,4);;;/q;;3*+2/p-4. The number of hydrogen-bond acceptors (Lipinski definition) is 8. The molecule has 0 aliphatic heterocycles. The molecule has 0 saturated heterocycles. The largest absolute Gasteiger partial charge is 2.00 e. The quantitative estimate of drug-likeness (QED) is 0.304. The van der Waals surface area contributed by atoms with Gasteiger partial charge in [0.1, 0.15) is 0 Å². The van der Waals surface area contributed by atoms with E-state index in [-0.39, 0.29) is 58.4 Å². The molecule has 64 valence electrons. The van der Waals surface area contributed by atoms with Crippen molar-refractivity contribution in [1.82, 2.24) is 0 Å². The van der Waals surface area contributed by atoms with Gasteiger partial charge in [-0.2, -0.15) is 0 Å². The van der Waals surface area contributed by atoms with Gasteiger partial charge >= 0.3 is 58.4 Å². The first kappa shape index (κ1) is 29.5. The second kappa shape index (κ2) is 12.5. The average molecular weight is 388 g/mol. The second-order valence-corrected chi connectivity index (χ2v) is 2.81. The van der Waals surface area contributed by atoms with Crippen molar-refractivity contribution in [2.24, 2.45) is 0 Å². The fraction of sp³-hybridized carbons (Fsp3) is 0. The van der Waals surface area contributed by atoms with Gasteiger partial charge in [-0.3, -0.25) is 9.79 Å². The fourth-order valence-electron chi connectivity index (χ4n) is 0. The molecule has 0 saturated carbocycles. The van der Waals surface area contributed by atoms with Crippen LogP contribution in [0.5, 0.6) is 0 Å². The molecule has 0 heterocycles. The molecule has 8 nitrogen and oxygen atoms in total. The molecule has 2 N–H and O–H groups in total. The molecule has 0 radical (unpaired) electrons. The maximum Gasteiger partial charge on any atom is 2.00 e. The summed E-state index contributed by atoms with van der Waals surface area (Å²) in [5, 5.41) is 0. The second-order valence-electron chi connectivity index (χ2n) is 0.937. The van der Waals surface area contributed by atoms with E-state index in [1.807, 2.05) is 0 Å². The predicted octanol–water partition coefficient (Wildman–Crippen LogP) is -6.53. The SMILES string of the molecule is [O-][P+]([O-])([O-])O.[O-][P+]([O-])([O-])O.[Zn+2].[Zn+2].[Zn+2]. The normalized spacial score (nSPS) is 9.23. The molecule has 0 aliphatic carbocycles. The van der Waals surface area contributed by atoms with Gasteiger partial charge in [-0.1, -0.05) is 0 Å². The molecule has 0 atom stereocenters. The molecule has 0 aliphatic rings. The minimum Gasteiger partial charge on any atom is -0.663 e. The first-order chi connectivity index (χ1) is 4.00. The summed E-state index contributed by atoms with van der Waals surface area (Å²) in [4.78, 5) is 65.9. The summed E-state index contributed by atoms with van der Waals surface area (Å²) in [6.45, 7) is 0. The fourth-order valence-corrected chi connectivity index (χ4v) is 0. The minimum absolute atomic E-state index is 0. The zero-order chi connectivity index (χ0) is 9.00. The molecule has 0 fully saturated rings. The molecular formula is H2O8P2Zn3+2. The van der Waals surface area contributed by atoms with Gasteiger partial charge in [0.15, 0.2) is 0 Å². The summed E-state index contributed by atoms with van der Waals surface area (Å²) in [6, 6.07) is 0. The van der Waals surface area contributed by atoms with Crippen LogP contribution in [0.25, 0.3) is 0 Å². The summed E-state index contributed by atoms with van der Waals surface area (Å²) in [5.41, 5.74) is 0. The Labute approximate surface area is 113 Å². The molecule has 0 aromatic heterocycles. The van der Waals surface area contributed by atoms with E-state index >= 15 is 0 Å². The van der Waals surface area contributed by atoms with E-state index in [0.717, 1.165) is 0 Å². The van der Waals surface area contributed by atoms with Crippen LogP contribution in [0.15, 0.2) is 0 Å². The van der Waals surface area contributed by atoms with E-state index in [1.54, 1.807) is 0 Å². The Bertz CT molecular complexity index is 60.4. The van der Waals surface area contributed by atoms with Crippen molar-refractivity contribution in [2.45, 2.75) is 0 Å². The van der Waals surface area contributed by atoms with Crippen LogP contribution in [-0.2, 0) is 58.4 Å². The first-order valence-corrected chi connectivity index (χ1v) is 4.49. The zero-order valence-electron chi connectivity index (χ0n) is 6.36. The van der Waals surface area contributed by atoms with Gasteiger partial charge in [-0.15, -0.1) is 0 Å². The van der Waals surface area contributed by atoms with Crippen LogP contribution in [0.1, 0.15) is 0 Å². The molecule has 0 unspecified atom stereocenters. The minimum atomic E-state index is -5.14. The van der Waals surface area contributed by atoms with Crippen LogP contribution < -0.4 is 29.4 Å². The van der Waals surface area contributed by atoms with Gasteiger partial charge < -0.3 is 29.4 Å². The molecule has 0 bridgehead atoms. The summed E-state index contributed by atoms with van der Waals surface area (Å²) < 4.78 is 0. The van der Waals surface area contributed by atoms with Crippen LogP contribution in [0.4, 0.5) is 0 Å². The van der Waals surface area contributed by atoms with Gasteiger partial charge in [-0.05, 0) is 16.3 Å². The Morgan fingerprint density at radius 1 is 0.538 bits per heavy atom. The zero-order valence-corrected chi connectivity index (χ0v) is 17.0. The maximum atomic E-state index is 8.66. The van der Waals surface area contributed by atoms with E-state index in [1.165, 1.54) is 0 Å². The molecule has 0 spiro atoms. The first-order valence-electron chi connectivity index (χ1n) is 1.50. The number of hydrogen-bond donors (Lipinski definition) is 2. The third-order valence-electron chi connectivity index (χ3n) is 0. The van der Waals surface area contributed by atoms with Crippen LogP contribution in [-0.4, -0.2) is 9.79 Å². The van der Waals surface area contributed by atoms with E-state index in [9.17, 15) is 0 Å². The van der Waals surface area contributed by atoms with Crippen LogP contribution in [0.2, 0.25) is 0 Å². The van der Waals surface area contributed by atoms with Gasteiger partial charge in [0.2, 0.25) is 0 Å². The monoisotopic (exact) mass is 384 g/mol. The van der Waals surface area contributed by atoms with Crippen molar-refractivity contribution in [3.8, 4) is 0 Å². The Morgan fingerprint density at radius 3 is 0.538 bits per heavy atom. The molecule has 13 heavy (non-hydrogen) atoms. The molecule has 0 rings (SSSR count). The van der Waals surface area contributed by atoms with E-state index in [4.69, 9.17) is 39.1 Å². The summed E-state index contributed by atoms with van der Waals surface area (Å²) in [6.07, 6.45) is 0. The summed E-state index contributed by atoms with van der Waals surface area (Å²) >= 11 is 0. The Hall–Kier alpha value is 2.41. The topological polar surface area (TPSA) is 179 Å². The van der Waals surface area contributed by atoms with Crippen LogP contribution in [0.3, 0.4) is 0 Å². The van der Waals surface area contributed by atoms with Gasteiger partial charge in [0.05, 0.1) is 0 Å². The summed E-state index contributed by atoms with van der Waals surface area (Å²) in [5.74, 6) is 0. The van der Waals surface area contributed by atoms with Gasteiger partial charge in [0.25, 0.3) is 0 Å². The third-order valence-corrected chi connectivity index (χ3v) is 0. The van der Waals surface area contributed by atoms with Crippen LogP contribution >= 0.6 is 16.3 Å². The smallest absolute Gasteiger partial charge is 0.663 e. The Balaban J connectivity index is -0.0000000267. The molecule has 0 amide bonds. The Morgan fingerprint density at radius 2 is 0.538 bits per heavy atom. The van der Waals surface area contributed by atoms with Crippen molar-refractivity contribution in [1.29, 1.82) is 0 Å². The molecule has 0 aromatic carbocycles. The molecule has 13 heteroatoms. The number of rotatable bonds is 0. The van der Waals surface area contributed by atoms with Crippen molar-refractivity contribution in [3.05, 3.63) is 0 Å². The van der Waals surface area contributed by atoms with E-state index in [0.29, 0.717) is 0 Å². The van der Waals surface area contributed by atoms with Crippen molar-refractivity contribution >= 4 is 16.3 Å². The van der Waals surface area contributed by atoms with Crippen molar-refractivity contribution in [2.75, 3.05) is 0 Å².